The fraction of sp³-hybridized carbons (Fsp3) is 0.733. The van der Waals surface area contributed by atoms with Gasteiger partial charge in [0.1, 0.15) is 5.01 Å². The second kappa shape index (κ2) is 5.82. The molecular weight excluding hydrogens is 270 g/mol. The summed E-state index contributed by atoms with van der Waals surface area (Å²) in [4.78, 5) is 21.1. The average Bonchev–Trinajstić information content (AvgIpc) is 2.99. The standard InChI is InChI=1S/C15H23N3OS/c1-2-18-14(19)4-6-15(18)5-3-9-17(10-7-15)12-13-16-8-11-20-13/h8,11H,2-7,9-10,12H2,1H3/t15-/m0/s1. The summed E-state index contributed by atoms with van der Waals surface area (Å²) in [5.41, 5.74) is 0.156. The SMILES string of the molecule is CCN1C(=O)CC[C@]12CCCN(Cc1nccs1)CC2. The van der Waals surface area contributed by atoms with Crippen LogP contribution in [0.1, 0.15) is 44.0 Å². The number of amides is 1. The van der Waals surface area contributed by atoms with Crippen LogP contribution in [0.25, 0.3) is 0 Å². The van der Waals surface area contributed by atoms with Gasteiger partial charge in [-0.15, -0.1) is 11.3 Å². The molecule has 0 saturated carbocycles. The number of thiazole rings is 1. The summed E-state index contributed by atoms with van der Waals surface area (Å²) in [5.74, 6) is 0.362. The molecule has 1 atom stereocenters. The van der Waals surface area contributed by atoms with Gasteiger partial charge in [-0.3, -0.25) is 9.69 Å². The summed E-state index contributed by atoms with van der Waals surface area (Å²) in [6.07, 6.45) is 7.17. The molecule has 2 aliphatic rings. The van der Waals surface area contributed by atoms with Gasteiger partial charge in [0, 0.05) is 36.6 Å². The first kappa shape index (κ1) is 14.0. The highest BCUT2D eigenvalue weighted by molar-refractivity contribution is 7.09. The predicted molar refractivity (Wildman–Crippen MR) is 80.6 cm³/mol. The molecule has 3 heterocycles. The topological polar surface area (TPSA) is 36.4 Å². The van der Waals surface area contributed by atoms with Gasteiger partial charge in [0.15, 0.2) is 0 Å². The molecule has 0 aliphatic carbocycles. The largest absolute Gasteiger partial charge is 0.337 e. The number of rotatable bonds is 3. The number of nitrogens with zero attached hydrogens (tertiary/aromatic N) is 3. The molecular formula is C15H23N3OS. The Morgan fingerprint density at radius 2 is 2.25 bits per heavy atom. The van der Waals surface area contributed by atoms with E-state index in [1.165, 1.54) is 17.8 Å². The molecule has 0 bridgehead atoms. The molecule has 2 fully saturated rings. The van der Waals surface area contributed by atoms with E-state index in [-0.39, 0.29) is 5.54 Å². The molecule has 1 amide bonds. The molecule has 2 saturated heterocycles. The van der Waals surface area contributed by atoms with Crippen molar-refractivity contribution in [3.05, 3.63) is 16.6 Å². The van der Waals surface area contributed by atoms with Crippen molar-refractivity contribution in [3.8, 4) is 0 Å². The third-order valence-electron chi connectivity index (χ3n) is 4.85. The maximum Gasteiger partial charge on any atom is 0.223 e. The highest BCUT2D eigenvalue weighted by Gasteiger charge is 2.44. The van der Waals surface area contributed by atoms with Crippen molar-refractivity contribution in [2.24, 2.45) is 0 Å². The molecule has 2 aliphatic heterocycles. The molecule has 0 N–H and O–H groups in total. The average molecular weight is 293 g/mol. The van der Waals surface area contributed by atoms with Crippen LogP contribution in [0.5, 0.6) is 0 Å². The maximum absolute atomic E-state index is 12.0. The Kier molecular flexibility index (Phi) is 4.08. The lowest BCUT2D eigenvalue weighted by Gasteiger charge is -2.37. The van der Waals surface area contributed by atoms with Crippen LogP contribution in [-0.2, 0) is 11.3 Å². The van der Waals surface area contributed by atoms with E-state index < -0.39 is 0 Å². The van der Waals surface area contributed by atoms with Gasteiger partial charge in [0.05, 0.1) is 6.54 Å². The Morgan fingerprint density at radius 3 is 3.00 bits per heavy atom. The van der Waals surface area contributed by atoms with Crippen molar-refractivity contribution in [1.82, 2.24) is 14.8 Å². The first-order chi connectivity index (χ1) is 9.73. The smallest absolute Gasteiger partial charge is 0.223 e. The Morgan fingerprint density at radius 1 is 1.35 bits per heavy atom. The minimum atomic E-state index is 0.156. The van der Waals surface area contributed by atoms with E-state index in [1.807, 2.05) is 11.6 Å². The van der Waals surface area contributed by atoms with Gasteiger partial charge < -0.3 is 4.90 Å². The van der Waals surface area contributed by atoms with Crippen LogP contribution in [0.2, 0.25) is 0 Å². The number of carbonyl (C=O) groups excluding carboxylic acids is 1. The lowest BCUT2D eigenvalue weighted by atomic mass is 9.88. The van der Waals surface area contributed by atoms with Crippen molar-refractivity contribution in [1.29, 1.82) is 0 Å². The van der Waals surface area contributed by atoms with Gasteiger partial charge in [-0.25, -0.2) is 4.98 Å². The van der Waals surface area contributed by atoms with Crippen LogP contribution >= 0.6 is 11.3 Å². The molecule has 0 radical (unpaired) electrons. The zero-order chi connectivity index (χ0) is 14.0. The zero-order valence-corrected chi connectivity index (χ0v) is 13.0. The molecule has 4 nitrogen and oxygen atoms in total. The van der Waals surface area contributed by atoms with Crippen molar-refractivity contribution in [2.45, 2.75) is 51.1 Å². The molecule has 0 aromatic carbocycles. The number of hydrogen-bond acceptors (Lipinski definition) is 4. The van der Waals surface area contributed by atoms with Gasteiger partial charge in [-0.05, 0) is 39.2 Å². The third kappa shape index (κ3) is 2.61. The van der Waals surface area contributed by atoms with Crippen molar-refractivity contribution >= 4 is 17.2 Å². The van der Waals surface area contributed by atoms with E-state index in [1.54, 1.807) is 11.3 Å². The second-order valence-corrected chi connectivity index (χ2v) is 6.90. The molecule has 3 rings (SSSR count). The number of carbonyl (C=O) groups is 1. The van der Waals surface area contributed by atoms with E-state index in [0.29, 0.717) is 5.91 Å². The highest BCUT2D eigenvalue weighted by Crippen LogP contribution is 2.39. The Labute approximate surface area is 124 Å². The molecule has 110 valence electrons. The molecule has 0 unspecified atom stereocenters. The summed E-state index contributed by atoms with van der Waals surface area (Å²) in [7, 11) is 0. The van der Waals surface area contributed by atoms with Crippen LogP contribution in [0, 0.1) is 0 Å². The summed E-state index contributed by atoms with van der Waals surface area (Å²) in [6, 6.07) is 0. The normalized spacial score (nSPS) is 28.2. The molecule has 1 aromatic rings. The minimum Gasteiger partial charge on any atom is -0.337 e. The first-order valence-electron chi connectivity index (χ1n) is 7.65. The van der Waals surface area contributed by atoms with Crippen LogP contribution in [0.3, 0.4) is 0 Å². The fourth-order valence-electron chi connectivity index (χ4n) is 3.82. The Hall–Kier alpha value is -0.940. The molecule has 5 heteroatoms. The lowest BCUT2D eigenvalue weighted by Crippen LogP contribution is -2.46. The molecule has 1 spiro atoms. The highest BCUT2D eigenvalue weighted by atomic mass is 32.1. The van der Waals surface area contributed by atoms with Crippen molar-refractivity contribution < 1.29 is 4.79 Å². The molecule has 1 aromatic heterocycles. The van der Waals surface area contributed by atoms with E-state index in [9.17, 15) is 4.79 Å². The zero-order valence-electron chi connectivity index (χ0n) is 12.2. The van der Waals surface area contributed by atoms with Crippen LogP contribution in [0.4, 0.5) is 0 Å². The summed E-state index contributed by atoms with van der Waals surface area (Å²) >= 11 is 1.74. The Balaban J connectivity index is 1.66. The van der Waals surface area contributed by atoms with Crippen molar-refractivity contribution in [2.75, 3.05) is 19.6 Å². The van der Waals surface area contributed by atoms with Gasteiger partial charge >= 0.3 is 0 Å². The van der Waals surface area contributed by atoms with Crippen LogP contribution in [-0.4, -0.2) is 45.9 Å². The quantitative estimate of drug-likeness (QED) is 0.859. The lowest BCUT2D eigenvalue weighted by molar-refractivity contribution is -0.131. The minimum absolute atomic E-state index is 0.156. The summed E-state index contributed by atoms with van der Waals surface area (Å²) in [5, 5.41) is 3.25. The summed E-state index contributed by atoms with van der Waals surface area (Å²) in [6.45, 7) is 6.17. The van der Waals surface area contributed by atoms with Crippen LogP contribution in [0.15, 0.2) is 11.6 Å². The van der Waals surface area contributed by atoms with E-state index >= 15 is 0 Å². The van der Waals surface area contributed by atoms with E-state index in [4.69, 9.17) is 0 Å². The first-order valence-corrected chi connectivity index (χ1v) is 8.53. The third-order valence-corrected chi connectivity index (χ3v) is 5.61. The predicted octanol–water partition coefficient (Wildman–Crippen LogP) is 2.51. The summed E-state index contributed by atoms with van der Waals surface area (Å²) < 4.78 is 0. The van der Waals surface area contributed by atoms with Gasteiger partial charge in [0.25, 0.3) is 0 Å². The Bertz CT molecular complexity index is 462. The maximum atomic E-state index is 12.0. The number of hydrogen-bond donors (Lipinski definition) is 0. The molecule has 20 heavy (non-hydrogen) atoms. The van der Waals surface area contributed by atoms with E-state index in [0.717, 1.165) is 45.4 Å². The monoisotopic (exact) mass is 293 g/mol. The van der Waals surface area contributed by atoms with E-state index in [2.05, 4.69) is 21.7 Å². The number of likely N-dealkylation sites (tertiary alicyclic amines) is 2. The number of aromatic nitrogens is 1. The fourth-order valence-corrected chi connectivity index (χ4v) is 4.48. The van der Waals surface area contributed by atoms with Gasteiger partial charge in [-0.2, -0.15) is 0 Å². The van der Waals surface area contributed by atoms with Gasteiger partial charge in [0.2, 0.25) is 5.91 Å². The van der Waals surface area contributed by atoms with Crippen LogP contribution < -0.4 is 0 Å². The van der Waals surface area contributed by atoms with Crippen molar-refractivity contribution in [3.63, 3.8) is 0 Å². The van der Waals surface area contributed by atoms with Gasteiger partial charge in [-0.1, -0.05) is 0 Å². The second-order valence-electron chi connectivity index (χ2n) is 5.92.